The van der Waals surface area contributed by atoms with Crippen LogP contribution in [0.15, 0.2) is 182 Å². The molecule has 5 aliphatic rings. The maximum absolute atomic E-state index is 7.73. The second-order valence-corrected chi connectivity index (χ2v) is 32.3. The van der Waals surface area contributed by atoms with Crippen molar-refractivity contribution in [2.45, 2.75) is 204 Å². The van der Waals surface area contributed by atoms with E-state index < -0.39 is 99.6 Å². The molecule has 6 unspecified atom stereocenters. The van der Waals surface area contributed by atoms with Crippen molar-refractivity contribution in [3.63, 3.8) is 0 Å². The smallest absolute Gasteiger partial charge is 0.229 e. The molecule has 6 aromatic rings. The van der Waals surface area contributed by atoms with E-state index in [2.05, 4.69) is 98.7 Å². The van der Waals surface area contributed by atoms with Gasteiger partial charge in [-0.15, -0.1) is 0 Å². The van der Waals surface area contributed by atoms with E-state index in [0.717, 1.165) is 33.4 Å². The highest BCUT2D eigenvalue weighted by molar-refractivity contribution is 6.77. The zero-order valence-electron chi connectivity index (χ0n) is 55.4. The Hall–Kier alpha value is -5.06. The Morgan fingerprint density at radius 2 is 0.924 bits per heavy atom. The standard InChI is InChI=1S/C76H98O15Si/c1-51(2)92(52(3)4,53(5)6)91-72-56(9)67(86-71-55(8)66(80-44-60-33-21-13-22-34-60)69(81-45-61-35-23-14-24-36-61)64(85-71)47-77-42-58-29-17-11-18-30-58)68(57(10)84-72)87-74-70(82-46-62-37-25-15-26-38-62)65(54(7)41-83-74)88-76-50-79-49-75(76,48-78-43-59-31-19-12-20-32-59)89-73(90-76)63-39-27-16-28-40-63/h11-40,51-57,64-74H,41-50H2,1-10H3/t54-,55-,56+,57?,64?,65?,66?,67?,68+,69-,70-,71+,72+,73-,74+,75+,76?/m1/s1. The summed E-state index contributed by atoms with van der Waals surface area (Å²) in [5, 5.41) is 0. The van der Waals surface area contributed by atoms with Gasteiger partial charge < -0.3 is 70.7 Å². The third-order valence-corrected chi connectivity index (χ3v) is 25.4. The molecule has 15 nitrogen and oxygen atoms in total. The number of hydrogen-bond donors (Lipinski definition) is 0. The predicted molar refractivity (Wildman–Crippen MR) is 352 cm³/mol. The topological polar surface area (TPSA) is 138 Å². The zero-order chi connectivity index (χ0) is 64.2. The fraction of sp³-hybridized carbons (Fsp3) is 0.526. The van der Waals surface area contributed by atoms with Crippen molar-refractivity contribution < 1.29 is 70.7 Å². The normalized spacial score (nSPS) is 31.7. The van der Waals surface area contributed by atoms with Crippen LogP contribution >= 0.6 is 0 Å². The first-order valence-electron chi connectivity index (χ1n) is 33.4. The molecule has 5 heterocycles. The van der Waals surface area contributed by atoms with Crippen LogP contribution in [0, 0.1) is 17.8 Å². The lowest BCUT2D eigenvalue weighted by Crippen LogP contribution is -2.65. The Kier molecular flexibility index (Phi) is 23.5. The van der Waals surface area contributed by atoms with Crippen molar-refractivity contribution in [3.05, 3.63) is 215 Å². The fourth-order valence-corrected chi connectivity index (χ4v) is 19.9. The molecule has 6 aromatic carbocycles. The fourth-order valence-electron chi connectivity index (χ4n) is 14.4. The predicted octanol–water partition coefficient (Wildman–Crippen LogP) is 14.5. The summed E-state index contributed by atoms with van der Waals surface area (Å²) in [7, 11) is -2.57. The van der Waals surface area contributed by atoms with Crippen LogP contribution in [0.2, 0.25) is 16.6 Å². The average molecular weight is 1280 g/mol. The average Bonchev–Trinajstić information content (AvgIpc) is 1.55. The molecule has 5 aliphatic heterocycles. The Labute approximate surface area is 546 Å². The van der Waals surface area contributed by atoms with Crippen LogP contribution < -0.4 is 0 Å². The minimum Gasteiger partial charge on any atom is -0.391 e. The Morgan fingerprint density at radius 3 is 1.46 bits per heavy atom. The van der Waals surface area contributed by atoms with E-state index in [1.165, 1.54) is 0 Å². The molecule has 0 amide bonds. The van der Waals surface area contributed by atoms with Crippen LogP contribution in [0.1, 0.15) is 109 Å². The number of benzene rings is 6. The second kappa shape index (κ2) is 31.7. The first-order valence-corrected chi connectivity index (χ1v) is 35.6. The molecule has 5 fully saturated rings. The van der Waals surface area contributed by atoms with Crippen molar-refractivity contribution >= 4 is 8.32 Å². The van der Waals surface area contributed by atoms with Gasteiger partial charge in [0.25, 0.3) is 0 Å². The molecular formula is C76H98O15Si. The van der Waals surface area contributed by atoms with E-state index in [9.17, 15) is 0 Å². The monoisotopic (exact) mass is 1280 g/mol. The molecule has 0 aliphatic carbocycles. The van der Waals surface area contributed by atoms with Gasteiger partial charge in [-0.2, -0.15) is 0 Å². The molecule has 0 spiro atoms. The molecule has 0 aromatic heterocycles. The number of rotatable bonds is 29. The molecule has 11 rings (SSSR count). The Balaban J connectivity index is 0.946. The van der Waals surface area contributed by atoms with Gasteiger partial charge in [-0.25, -0.2) is 0 Å². The first kappa shape index (κ1) is 68.3. The molecule has 496 valence electrons. The summed E-state index contributed by atoms with van der Waals surface area (Å²) in [5.41, 5.74) is 5.63. The van der Waals surface area contributed by atoms with Crippen LogP contribution in [0.5, 0.6) is 0 Å². The summed E-state index contributed by atoms with van der Waals surface area (Å²) in [6, 6.07) is 60.7. The van der Waals surface area contributed by atoms with Crippen molar-refractivity contribution in [3.8, 4) is 0 Å². The van der Waals surface area contributed by atoms with Crippen molar-refractivity contribution in [1.82, 2.24) is 0 Å². The molecular weight excluding hydrogens is 1180 g/mol. The lowest BCUT2D eigenvalue weighted by molar-refractivity contribution is -0.376. The number of fused-ring (bicyclic) bond motifs is 1. The van der Waals surface area contributed by atoms with E-state index >= 15 is 0 Å². The number of hydrogen-bond acceptors (Lipinski definition) is 15. The van der Waals surface area contributed by atoms with Gasteiger partial charge >= 0.3 is 0 Å². The summed E-state index contributed by atoms with van der Waals surface area (Å²) in [6.45, 7) is 24.7. The van der Waals surface area contributed by atoms with Crippen LogP contribution in [0.4, 0.5) is 0 Å². The van der Waals surface area contributed by atoms with Gasteiger partial charge in [0, 0.05) is 23.3 Å². The van der Waals surface area contributed by atoms with Crippen molar-refractivity contribution in [1.29, 1.82) is 0 Å². The molecule has 0 saturated carbocycles. The third kappa shape index (κ3) is 15.7. The van der Waals surface area contributed by atoms with Crippen LogP contribution in [-0.4, -0.2) is 120 Å². The summed E-state index contributed by atoms with van der Waals surface area (Å²) < 4.78 is 107. The van der Waals surface area contributed by atoms with Gasteiger partial charge in [0.05, 0.1) is 83.9 Å². The largest absolute Gasteiger partial charge is 0.391 e. The van der Waals surface area contributed by atoms with Gasteiger partial charge in [-0.05, 0) is 51.4 Å². The first-order chi connectivity index (χ1) is 44.7. The highest BCUT2D eigenvalue weighted by Crippen LogP contribution is 2.53. The van der Waals surface area contributed by atoms with Crippen molar-refractivity contribution in [2.75, 3.05) is 33.0 Å². The van der Waals surface area contributed by atoms with E-state index in [1.54, 1.807) is 0 Å². The third-order valence-electron chi connectivity index (χ3n) is 19.4. The SMILES string of the molecule is CC1O[C@@H](O[Si](C(C)C)(C(C)C)C(C)C)[C@@H](C)C(O[C@@H]2OC(COCc3ccccc3)[C@@H](OCc3ccccc3)C(OCc3ccccc3)[C@H]2C)[C@H]1O[C@@H]1OC[C@@H](C)C(OC23COC[C@]2(COCc2ccccc2)O[C@@H](c2ccccc2)O3)[C@H]1OCc1ccccc1. The lowest BCUT2D eigenvalue weighted by atomic mass is 9.89. The van der Waals surface area contributed by atoms with E-state index in [-0.39, 0.29) is 68.1 Å². The van der Waals surface area contributed by atoms with Crippen LogP contribution in [-0.2, 0) is 104 Å². The number of ether oxygens (including phenoxy) is 14. The molecule has 16 heteroatoms. The summed E-state index contributed by atoms with van der Waals surface area (Å²) in [5.74, 6) is -2.46. The van der Waals surface area contributed by atoms with Gasteiger partial charge in [-0.1, -0.05) is 244 Å². The minimum absolute atomic E-state index is 0.0777. The summed E-state index contributed by atoms with van der Waals surface area (Å²) in [4.78, 5) is 0. The Morgan fingerprint density at radius 1 is 0.457 bits per heavy atom. The molecule has 0 bridgehead atoms. The van der Waals surface area contributed by atoms with E-state index in [4.69, 9.17) is 70.7 Å². The highest BCUT2D eigenvalue weighted by atomic mass is 28.4. The molecule has 0 N–H and O–H groups in total. The summed E-state index contributed by atoms with van der Waals surface area (Å²) in [6.07, 6.45) is -8.61. The molecule has 0 radical (unpaired) electrons. The van der Waals surface area contributed by atoms with E-state index in [0.29, 0.717) is 26.4 Å². The Bertz CT molecular complexity index is 3100. The quantitative estimate of drug-likeness (QED) is 0.0411. The van der Waals surface area contributed by atoms with Gasteiger partial charge in [0.15, 0.2) is 30.8 Å². The molecule has 5 saturated heterocycles. The van der Waals surface area contributed by atoms with Crippen LogP contribution in [0.25, 0.3) is 0 Å². The molecule has 92 heavy (non-hydrogen) atoms. The maximum atomic E-state index is 7.73. The lowest BCUT2D eigenvalue weighted by Gasteiger charge is -2.53. The maximum Gasteiger partial charge on any atom is 0.229 e. The van der Waals surface area contributed by atoms with Gasteiger partial charge in [0.1, 0.15) is 31.0 Å². The summed E-state index contributed by atoms with van der Waals surface area (Å²) >= 11 is 0. The van der Waals surface area contributed by atoms with Crippen LogP contribution in [0.3, 0.4) is 0 Å². The van der Waals surface area contributed by atoms with Gasteiger partial charge in [0.2, 0.25) is 14.1 Å². The van der Waals surface area contributed by atoms with E-state index in [1.807, 2.05) is 153 Å². The molecule has 17 atom stereocenters. The second-order valence-electron chi connectivity index (χ2n) is 26.9. The minimum atomic E-state index is -2.57. The van der Waals surface area contributed by atoms with Gasteiger partial charge in [-0.3, -0.25) is 0 Å². The zero-order valence-corrected chi connectivity index (χ0v) is 56.4. The van der Waals surface area contributed by atoms with Crippen molar-refractivity contribution in [2.24, 2.45) is 17.8 Å². The highest BCUT2D eigenvalue weighted by Gasteiger charge is 2.69.